The molecular formula is C28H49N. The lowest BCUT2D eigenvalue weighted by molar-refractivity contribution is 0.529. The van der Waals surface area contributed by atoms with Crippen molar-refractivity contribution in [3.8, 4) is 0 Å². The Morgan fingerprint density at radius 3 is 1.45 bits per heavy atom. The van der Waals surface area contributed by atoms with Gasteiger partial charge in [-0.15, -0.1) is 0 Å². The second kappa shape index (κ2) is 18.8. The molecule has 0 unspecified atom stereocenters. The molecule has 0 heterocycles. The van der Waals surface area contributed by atoms with E-state index in [9.17, 15) is 0 Å². The van der Waals surface area contributed by atoms with Gasteiger partial charge in [0, 0.05) is 11.4 Å². The number of anilines is 1. The van der Waals surface area contributed by atoms with Crippen LogP contribution >= 0.6 is 0 Å². The van der Waals surface area contributed by atoms with E-state index in [2.05, 4.69) is 56.4 Å². The van der Waals surface area contributed by atoms with Crippen LogP contribution in [0.1, 0.15) is 130 Å². The number of nitrogens with one attached hydrogen (secondary N) is 1. The van der Waals surface area contributed by atoms with Crippen molar-refractivity contribution >= 4 is 5.69 Å². The highest BCUT2D eigenvalue weighted by Gasteiger charge is 1.99. The number of allylic oxidation sites excluding steroid dienone is 2. The van der Waals surface area contributed by atoms with Crippen LogP contribution in [0.5, 0.6) is 0 Å². The summed E-state index contributed by atoms with van der Waals surface area (Å²) < 4.78 is 0. The van der Waals surface area contributed by atoms with Crippen molar-refractivity contribution in [2.75, 3.05) is 5.32 Å². The summed E-state index contributed by atoms with van der Waals surface area (Å²) in [7, 11) is 0. The number of para-hydroxylation sites is 1. The van der Waals surface area contributed by atoms with Crippen molar-refractivity contribution in [3.05, 3.63) is 41.6 Å². The van der Waals surface area contributed by atoms with E-state index in [-0.39, 0.29) is 0 Å². The third-order valence-electron chi connectivity index (χ3n) is 6.15. The fraction of sp³-hybridized carbons (Fsp3) is 0.714. The lowest BCUT2D eigenvalue weighted by atomic mass is 10.0. The molecule has 0 atom stereocenters. The Labute approximate surface area is 182 Å². The van der Waals surface area contributed by atoms with Crippen molar-refractivity contribution in [2.24, 2.45) is 0 Å². The minimum absolute atomic E-state index is 1.19. The molecule has 0 fully saturated rings. The summed E-state index contributed by atoms with van der Waals surface area (Å²) in [5.74, 6) is 0. The quantitative estimate of drug-likeness (QED) is 0.228. The van der Waals surface area contributed by atoms with Gasteiger partial charge in [-0.1, -0.05) is 127 Å². The van der Waals surface area contributed by atoms with Gasteiger partial charge in [-0.3, -0.25) is 0 Å². The predicted octanol–water partition coefficient (Wildman–Crippen LogP) is 10.0. The smallest absolute Gasteiger partial charge is 0.0381 e. The zero-order valence-corrected chi connectivity index (χ0v) is 19.9. The average molecular weight is 400 g/mol. The van der Waals surface area contributed by atoms with Crippen molar-refractivity contribution < 1.29 is 0 Å². The Kier molecular flexibility index (Phi) is 16.7. The molecule has 0 aromatic heterocycles. The summed E-state index contributed by atoms with van der Waals surface area (Å²) in [6.45, 7) is 6.77. The first-order valence-electron chi connectivity index (χ1n) is 12.7. The first-order chi connectivity index (χ1) is 14.2. The van der Waals surface area contributed by atoms with E-state index in [1.54, 1.807) is 0 Å². The highest BCUT2D eigenvalue weighted by molar-refractivity contribution is 5.48. The SMILES string of the molecule is CCCCCCCCCCCCCCCCCC/C(C)=C(/C)Nc1ccccc1. The maximum absolute atomic E-state index is 3.53. The van der Waals surface area contributed by atoms with E-state index in [4.69, 9.17) is 0 Å². The monoisotopic (exact) mass is 399 g/mol. The normalized spacial score (nSPS) is 12.1. The highest BCUT2D eigenvalue weighted by Crippen LogP contribution is 2.18. The number of benzene rings is 1. The Morgan fingerprint density at radius 1 is 0.586 bits per heavy atom. The molecule has 1 rings (SSSR count). The highest BCUT2D eigenvalue weighted by atomic mass is 14.9. The standard InChI is InChI=1S/C28H49N/c1-4-5-6-7-8-9-10-11-12-13-14-15-16-17-18-20-23-26(2)27(3)29-28-24-21-19-22-25-28/h19,21-22,24-25,29H,4-18,20,23H2,1-3H3/b27-26-. The molecule has 1 nitrogen and oxygen atoms in total. The van der Waals surface area contributed by atoms with Crippen LogP contribution in [0.15, 0.2) is 41.6 Å². The van der Waals surface area contributed by atoms with Crippen LogP contribution in [0.25, 0.3) is 0 Å². The van der Waals surface area contributed by atoms with Crippen LogP contribution in [-0.2, 0) is 0 Å². The Balaban J connectivity index is 1.86. The van der Waals surface area contributed by atoms with Crippen LogP contribution in [-0.4, -0.2) is 0 Å². The van der Waals surface area contributed by atoms with Gasteiger partial charge >= 0.3 is 0 Å². The lowest BCUT2D eigenvalue weighted by Crippen LogP contribution is -1.98. The third kappa shape index (κ3) is 15.3. The van der Waals surface area contributed by atoms with Crippen LogP contribution < -0.4 is 5.32 Å². The van der Waals surface area contributed by atoms with E-state index < -0.39 is 0 Å². The molecule has 0 amide bonds. The van der Waals surface area contributed by atoms with Gasteiger partial charge in [0.15, 0.2) is 0 Å². The molecule has 1 heteroatoms. The Hall–Kier alpha value is -1.24. The molecule has 0 saturated carbocycles. The largest absolute Gasteiger partial charge is 0.359 e. The van der Waals surface area contributed by atoms with Crippen LogP contribution in [0.3, 0.4) is 0 Å². The van der Waals surface area contributed by atoms with Gasteiger partial charge in [-0.2, -0.15) is 0 Å². The van der Waals surface area contributed by atoms with E-state index in [1.807, 2.05) is 0 Å². The molecule has 1 aromatic carbocycles. The van der Waals surface area contributed by atoms with Gasteiger partial charge < -0.3 is 5.32 Å². The second-order valence-electron chi connectivity index (χ2n) is 8.95. The Morgan fingerprint density at radius 2 is 1.00 bits per heavy atom. The Bertz CT molecular complexity index is 502. The first-order valence-corrected chi connectivity index (χ1v) is 12.7. The molecule has 0 spiro atoms. The second-order valence-corrected chi connectivity index (χ2v) is 8.95. The van der Waals surface area contributed by atoms with E-state index >= 15 is 0 Å². The molecule has 0 aliphatic heterocycles. The summed E-state index contributed by atoms with van der Waals surface area (Å²) in [6, 6.07) is 10.5. The van der Waals surface area contributed by atoms with Crippen LogP contribution in [0, 0.1) is 0 Å². The van der Waals surface area contributed by atoms with Crippen LogP contribution in [0.2, 0.25) is 0 Å². The van der Waals surface area contributed by atoms with Gasteiger partial charge in [0.2, 0.25) is 0 Å². The summed E-state index contributed by atoms with van der Waals surface area (Å²) in [4.78, 5) is 0. The molecule has 1 N–H and O–H groups in total. The molecule has 1 aromatic rings. The van der Waals surface area contributed by atoms with Gasteiger partial charge in [0.05, 0.1) is 0 Å². The molecule has 0 saturated heterocycles. The predicted molar refractivity (Wildman–Crippen MR) is 133 cm³/mol. The van der Waals surface area contributed by atoms with E-state index in [0.717, 1.165) is 0 Å². The van der Waals surface area contributed by atoms with Gasteiger partial charge in [-0.25, -0.2) is 0 Å². The zero-order chi connectivity index (χ0) is 21.0. The number of hydrogen-bond acceptors (Lipinski definition) is 1. The molecule has 0 aliphatic rings. The minimum Gasteiger partial charge on any atom is -0.359 e. The van der Waals surface area contributed by atoms with Crippen molar-refractivity contribution in [1.29, 1.82) is 0 Å². The molecule has 0 radical (unpaired) electrons. The molecule has 0 aliphatic carbocycles. The topological polar surface area (TPSA) is 12.0 Å². The number of unbranched alkanes of at least 4 members (excludes halogenated alkanes) is 15. The minimum atomic E-state index is 1.19. The summed E-state index contributed by atoms with van der Waals surface area (Å²) >= 11 is 0. The van der Waals surface area contributed by atoms with E-state index in [1.165, 1.54) is 126 Å². The maximum Gasteiger partial charge on any atom is 0.0381 e. The van der Waals surface area contributed by atoms with Crippen molar-refractivity contribution in [3.63, 3.8) is 0 Å². The number of rotatable bonds is 19. The molecular weight excluding hydrogens is 350 g/mol. The molecule has 166 valence electrons. The summed E-state index contributed by atoms with van der Waals surface area (Å²) in [6.07, 6.45) is 24.2. The fourth-order valence-corrected chi connectivity index (χ4v) is 3.97. The average Bonchev–Trinajstić information content (AvgIpc) is 2.74. The zero-order valence-electron chi connectivity index (χ0n) is 19.9. The number of hydrogen-bond donors (Lipinski definition) is 1. The van der Waals surface area contributed by atoms with Gasteiger partial charge in [-0.05, 0) is 38.8 Å². The lowest BCUT2D eigenvalue weighted by Gasteiger charge is -2.11. The van der Waals surface area contributed by atoms with Gasteiger partial charge in [0.1, 0.15) is 0 Å². The fourth-order valence-electron chi connectivity index (χ4n) is 3.97. The van der Waals surface area contributed by atoms with Crippen molar-refractivity contribution in [2.45, 2.75) is 130 Å². The van der Waals surface area contributed by atoms with Crippen LogP contribution in [0.4, 0.5) is 5.69 Å². The molecule has 29 heavy (non-hydrogen) atoms. The molecule has 0 bridgehead atoms. The summed E-state index contributed by atoms with van der Waals surface area (Å²) in [5.41, 5.74) is 4.01. The van der Waals surface area contributed by atoms with Crippen molar-refractivity contribution in [1.82, 2.24) is 0 Å². The third-order valence-corrected chi connectivity index (χ3v) is 6.15. The maximum atomic E-state index is 3.53. The summed E-state index contributed by atoms with van der Waals surface area (Å²) in [5, 5.41) is 3.53. The first kappa shape index (κ1) is 25.8. The van der Waals surface area contributed by atoms with E-state index in [0.29, 0.717) is 0 Å². The van der Waals surface area contributed by atoms with Gasteiger partial charge in [0.25, 0.3) is 0 Å².